The number of hydrogen-bond acceptors (Lipinski definition) is 7. The number of amides is 2. The van der Waals surface area contributed by atoms with Gasteiger partial charge < -0.3 is 31.4 Å². The number of methoxy groups -OCH3 is 1. The van der Waals surface area contributed by atoms with Crippen LogP contribution in [-0.2, 0) is 10.4 Å². The predicted molar refractivity (Wildman–Crippen MR) is 140 cm³/mol. The summed E-state index contributed by atoms with van der Waals surface area (Å²) in [7, 11) is 1.35. The topological polar surface area (TPSA) is 150 Å². The van der Waals surface area contributed by atoms with E-state index >= 15 is 0 Å². The highest BCUT2D eigenvalue weighted by Gasteiger charge is 2.56. The maximum Gasteiger partial charge on any atom is 0.424 e. The summed E-state index contributed by atoms with van der Waals surface area (Å²) >= 11 is 5.83. The second kappa shape index (κ2) is 11.5. The third-order valence-electron chi connectivity index (χ3n) is 6.37. The van der Waals surface area contributed by atoms with Crippen molar-refractivity contribution in [3.63, 3.8) is 0 Å². The Labute approximate surface area is 236 Å². The average molecular weight is 597 g/mol. The van der Waals surface area contributed by atoms with Crippen molar-refractivity contribution in [1.82, 2.24) is 10.3 Å². The summed E-state index contributed by atoms with van der Waals surface area (Å²) in [5, 5.41) is 12.7. The minimum absolute atomic E-state index is 0.0344. The Hall–Kier alpha value is -3.94. The van der Waals surface area contributed by atoms with Crippen LogP contribution < -0.4 is 26.3 Å². The van der Waals surface area contributed by atoms with Gasteiger partial charge in [0.25, 0.3) is 5.91 Å². The number of aromatic nitrogens is 1. The summed E-state index contributed by atoms with van der Waals surface area (Å²) in [6, 6.07) is 7.67. The van der Waals surface area contributed by atoms with E-state index in [2.05, 4.69) is 10.3 Å². The molecule has 0 bridgehead atoms. The van der Waals surface area contributed by atoms with Crippen LogP contribution in [0.2, 0.25) is 5.02 Å². The molecule has 2 atom stereocenters. The van der Waals surface area contributed by atoms with Gasteiger partial charge in [0.1, 0.15) is 11.9 Å². The molecule has 2 unspecified atom stereocenters. The lowest BCUT2D eigenvalue weighted by atomic mass is 9.93. The lowest BCUT2D eigenvalue weighted by Gasteiger charge is -2.31. The number of halogens is 5. The molecule has 218 valence electrons. The molecule has 1 aromatic heterocycles. The number of nitrogens with zero attached hydrogens (tertiary/aromatic N) is 1. The van der Waals surface area contributed by atoms with Crippen LogP contribution in [0.1, 0.15) is 40.5 Å². The Kier molecular flexibility index (Phi) is 8.43. The molecule has 0 radical (unpaired) electrons. The fraction of sp³-hybridized carbons (Fsp3) is 0.296. The summed E-state index contributed by atoms with van der Waals surface area (Å²) in [6.45, 7) is -1.37. The van der Waals surface area contributed by atoms with Crippen molar-refractivity contribution in [3.05, 3.63) is 76.2 Å². The quantitative estimate of drug-likeness (QED) is 0.260. The van der Waals surface area contributed by atoms with Gasteiger partial charge in [-0.1, -0.05) is 11.6 Å². The van der Waals surface area contributed by atoms with Crippen LogP contribution in [-0.4, -0.2) is 47.8 Å². The van der Waals surface area contributed by atoms with E-state index in [9.17, 15) is 32.3 Å². The molecule has 3 aromatic rings. The minimum Gasteiger partial charge on any atom is -0.493 e. The third-order valence-corrected chi connectivity index (χ3v) is 6.66. The highest BCUT2D eigenvalue weighted by Crippen LogP contribution is 2.40. The normalized spacial score (nSPS) is 15.5. The maximum atomic E-state index is 14.4. The van der Waals surface area contributed by atoms with E-state index in [1.807, 2.05) is 0 Å². The molecule has 1 fully saturated rings. The molecular weight excluding hydrogens is 572 g/mol. The van der Waals surface area contributed by atoms with Crippen molar-refractivity contribution >= 4 is 23.4 Å². The van der Waals surface area contributed by atoms with Gasteiger partial charge >= 0.3 is 6.18 Å². The summed E-state index contributed by atoms with van der Waals surface area (Å²) in [5.74, 6) is -2.25. The number of alkyl halides is 3. The van der Waals surface area contributed by atoms with Crippen LogP contribution in [0.5, 0.6) is 11.5 Å². The molecule has 4 rings (SSSR count). The number of rotatable bonds is 10. The van der Waals surface area contributed by atoms with E-state index in [4.69, 9.17) is 32.5 Å². The van der Waals surface area contributed by atoms with Gasteiger partial charge in [-0.25, -0.2) is 9.37 Å². The summed E-state index contributed by atoms with van der Waals surface area (Å²) < 4.78 is 67.9. The zero-order valence-corrected chi connectivity index (χ0v) is 22.2. The highest BCUT2D eigenvalue weighted by atomic mass is 35.5. The molecule has 2 aromatic carbocycles. The lowest BCUT2D eigenvalue weighted by molar-refractivity contribution is -0.265. The molecule has 0 saturated heterocycles. The second-order valence-corrected chi connectivity index (χ2v) is 9.81. The van der Waals surface area contributed by atoms with Crippen LogP contribution in [0, 0.1) is 5.82 Å². The molecule has 6 N–H and O–H groups in total. The number of ether oxygens (including phenoxy) is 2. The fourth-order valence-corrected chi connectivity index (χ4v) is 4.01. The number of pyridine rings is 1. The number of nitrogens with two attached hydrogens (primary N) is 2. The number of carbonyl (C=O) groups is 2. The Bertz CT molecular complexity index is 1480. The zero-order chi connectivity index (χ0) is 30.1. The van der Waals surface area contributed by atoms with Crippen LogP contribution in [0.3, 0.4) is 0 Å². The Morgan fingerprint density at radius 3 is 2.44 bits per heavy atom. The van der Waals surface area contributed by atoms with Gasteiger partial charge in [-0.05, 0) is 66.9 Å². The molecule has 1 saturated carbocycles. The fourth-order valence-electron chi connectivity index (χ4n) is 3.83. The molecule has 9 nitrogen and oxygen atoms in total. The van der Waals surface area contributed by atoms with Crippen molar-refractivity contribution in [1.29, 1.82) is 0 Å². The number of carbonyl (C=O) groups excluding carboxylic acids is 2. The van der Waals surface area contributed by atoms with E-state index in [1.165, 1.54) is 31.4 Å². The first kappa shape index (κ1) is 30.0. The van der Waals surface area contributed by atoms with Crippen molar-refractivity contribution in [2.24, 2.45) is 11.5 Å². The number of nitrogens with one attached hydrogen (secondary N) is 1. The monoisotopic (exact) mass is 596 g/mol. The Morgan fingerprint density at radius 1 is 1.15 bits per heavy atom. The van der Waals surface area contributed by atoms with Gasteiger partial charge in [0.15, 0.2) is 11.5 Å². The smallest absolute Gasteiger partial charge is 0.424 e. The number of benzene rings is 2. The molecule has 1 aliphatic carbocycles. The molecule has 2 amide bonds. The third kappa shape index (κ3) is 6.53. The first-order valence-electron chi connectivity index (χ1n) is 12.2. The van der Waals surface area contributed by atoms with Crippen LogP contribution >= 0.6 is 11.6 Å². The second-order valence-electron chi connectivity index (χ2n) is 9.40. The van der Waals surface area contributed by atoms with Gasteiger partial charge in [-0.3, -0.25) is 9.59 Å². The van der Waals surface area contributed by atoms with E-state index in [0.717, 1.165) is 37.1 Å². The largest absolute Gasteiger partial charge is 0.493 e. The van der Waals surface area contributed by atoms with Crippen LogP contribution in [0.4, 0.5) is 17.6 Å². The van der Waals surface area contributed by atoms with Gasteiger partial charge in [-0.2, -0.15) is 13.2 Å². The van der Waals surface area contributed by atoms with E-state index in [-0.39, 0.29) is 39.3 Å². The molecule has 14 heteroatoms. The molecule has 1 aliphatic rings. The summed E-state index contributed by atoms with van der Waals surface area (Å²) in [5.41, 5.74) is 5.85. The first-order chi connectivity index (χ1) is 19.2. The Balaban J connectivity index is 1.70. The van der Waals surface area contributed by atoms with Crippen molar-refractivity contribution in [2.75, 3.05) is 13.7 Å². The zero-order valence-electron chi connectivity index (χ0n) is 21.5. The summed E-state index contributed by atoms with van der Waals surface area (Å²) in [4.78, 5) is 28.5. The summed E-state index contributed by atoms with van der Waals surface area (Å²) in [6.07, 6.45) is -3.60. The molecule has 41 heavy (non-hydrogen) atoms. The van der Waals surface area contributed by atoms with E-state index in [1.54, 1.807) is 0 Å². The number of primary amides is 1. The highest BCUT2D eigenvalue weighted by molar-refractivity contribution is 6.31. The van der Waals surface area contributed by atoms with Gasteiger partial charge in [0.05, 0.1) is 36.2 Å². The van der Waals surface area contributed by atoms with Crippen molar-refractivity contribution in [3.8, 4) is 22.8 Å². The van der Waals surface area contributed by atoms with Crippen LogP contribution in [0.25, 0.3) is 11.3 Å². The molecule has 0 spiro atoms. The van der Waals surface area contributed by atoms with Gasteiger partial charge in [0, 0.05) is 11.1 Å². The van der Waals surface area contributed by atoms with Gasteiger partial charge in [0.2, 0.25) is 11.5 Å². The van der Waals surface area contributed by atoms with Crippen molar-refractivity contribution < 1.29 is 41.7 Å². The average Bonchev–Trinajstić information content (AvgIpc) is 3.75. The Morgan fingerprint density at radius 2 is 1.85 bits per heavy atom. The van der Waals surface area contributed by atoms with Crippen molar-refractivity contribution in [2.45, 2.75) is 36.8 Å². The minimum atomic E-state index is -5.37. The van der Waals surface area contributed by atoms with Crippen LogP contribution in [0.15, 0.2) is 48.5 Å². The first-order valence-corrected chi connectivity index (χ1v) is 12.6. The molecule has 0 aliphatic heterocycles. The number of aliphatic hydroxyl groups is 1. The van der Waals surface area contributed by atoms with E-state index < -0.39 is 47.7 Å². The maximum absolute atomic E-state index is 14.4. The predicted octanol–water partition coefficient (Wildman–Crippen LogP) is 3.76. The number of hydrogen-bond donors (Lipinski definition) is 4. The molecule has 1 heterocycles. The van der Waals surface area contributed by atoms with E-state index in [0.29, 0.717) is 5.75 Å². The lowest BCUT2D eigenvalue weighted by Crippen LogP contribution is -2.51. The standard InChI is InChI=1S/C27H25ClF4N4O5/c1-40-21-10-14(3-7-20(21)41-16-4-5-16)25(38)35-12-26(39,27(30,31)32)22-11-15(23(33)24(34)37)9-19(36-22)13-2-6-18(29)17(28)8-13/h2-3,6-11,16,23,39H,4-5,12,33H2,1H3,(H2,34,37)(H,35,38). The SMILES string of the molecule is COc1cc(C(=O)NCC(O)(c2cc(C(N)C(N)=O)cc(-c3ccc(F)c(Cl)c3)n2)C(F)(F)F)ccc1OC1CC1. The van der Waals surface area contributed by atoms with Gasteiger partial charge in [-0.15, -0.1) is 0 Å². The molecular formula is C27H25ClF4N4O5.